The quantitative estimate of drug-likeness (QED) is 0.861. The summed E-state index contributed by atoms with van der Waals surface area (Å²) in [5.74, 6) is 0.843. The third-order valence-corrected chi connectivity index (χ3v) is 4.50. The first-order valence-corrected chi connectivity index (χ1v) is 8.21. The summed E-state index contributed by atoms with van der Waals surface area (Å²) < 4.78 is 5.39. The molecule has 0 aromatic heterocycles. The fourth-order valence-electron chi connectivity index (χ4n) is 3.40. The molecule has 2 aliphatic heterocycles. The molecule has 3 rings (SSSR count). The average molecular weight is 317 g/mol. The van der Waals surface area contributed by atoms with Crippen molar-refractivity contribution in [3.05, 3.63) is 24.3 Å². The van der Waals surface area contributed by atoms with Crippen LogP contribution in [0, 0.1) is 0 Å². The first-order chi connectivity index (χ1) is 11.2. The predicted molar refractivity (Wildman–Crippen MR) is 87.4 cm³/mol. The normalized spacial score (nSPS) is 24.0. The van der Waals surface area contributed by atoms with Crippen molar-refractivity contribution in [3.63, 3.8) is 0 Å². The fourth-order valence-corrected chi connectivity index (χ4v) is 3.40. The maximum atomic E-state index is 12.3. The lowest BCUT2D eigenvalue weighted by Crippen LogP contribution is -2.42. The van der Waals surface area contributed by atoms with Crippen LogP contribution in [0.1, 0.15) is 26.2 Å². The zero-order valence-corrected chi connectivity index (χ0v) is 13.4. The van der Waals surface area contributed by atoms with E-state index in [1.165, 1.54) is 0 Å². The van der Waals surface area contributed by atoms with Gasteiger partial charge in [0.15, 0.2) is 0 Å². The molecular formula is C17H23N3O3. The van der Waals surface area contributed by atoms with Gasteiger partial charge < -0.3 is 15.4 Å². The Kier molecular flexibility index (Phi) is 4.81. The van der Waals surface area contributed by atoms with Gasteiger partial charge in [0, 0.05) is 30.7 Å². The Balaban J connectivity index is 1.57. The molecule has 2 saturated heterocycles. The topological polar surface area (TPSA) is 70.7 Å². The molecule has 2 aliphatic rings. The molecule has 124 valence electrons. The molecule has 1 aromatic carbocycles. The molecule has 2 atom stereocenters. The van der Waals surface area contributed by atoms with Gasteiger partial charge in [-0.2, -0.15) is 0 Å². The highest BCUT2D eigenvalue weighted by atomic mass is 16.5. The van der Waals surface area contributed by atoms with E-state index in [9.17, 15) is 9.59 Å². The molecule has 2 amide bonds. The van der Waals surface area contributed by atoms with Gasteiger partial charge in [0.05, 0.1) is 13.2 Å². The summed E-state index contributed by atoms with van der Waals surface area (Å²) in [5.41, 5.74) is 0.759. The van der Waals surface area contributed by atoms with Crippen molar-refractivity contribution >= 4 is 17.5 Å². The highest BCUT2D eigenvalue weighted by Crippen LogP contribution is 2.28. The highest BCUT2D eigenvalue weighted by molar-refractivity contribution is 5.92. The lowest BCUT2D eigenvalue weighted by Gasteiger charge is -2.26. The third-order valence-electron chi connectivity index (χ3n) is 4.50. The first kappa shape index (κ1) is 15.8. The molecule has 2 fully saturated rings. The molecule has 0 aliphatic carbocycles. The number of anilines is 1. The molecular weight excluding hydrogens is 294 g/mol. The number of nitrogens with zero attached hydrogens (tertiary/aromatic N) is 1. The number of benzene rings is 1. The van der Waals surface area contributed by atoms with Crippen LogP contribution in [-0.2, 0) is 9.59 Å². The van der Waals surface area contributed by atoms with Crippen molar-refractivity contribution in [1.29, 1.82) is 0 Å². The Morgan fingerprint density at radius 2 is 2.04 bits per heavy atom. The molecule has 6 heteroatoms. The average Bonchev–Trinajstić information content (AvgIpc) is 2.80. The van der Waals surface area contributed by atoms with E-state index in [-0.39, 0.29) is 23.9 Å². The van der Waals surface area contributed by atoms with E-state index in [4.69, 9.17) is 4.74 Å². The molecule has 2 bridgehead atoms. The van der Waals surface area contributed by atoms with Crippen LogP contribution in [0.2, 0.25) is 0 Å². The summed E-state index contributed by atoms with van der Waals surface area (Å²) in [6, 6.07) is 7.83. The first-order valence-electron chi connectivity index (χ1n) is 8.21. The highest BCUT2D eigenvalue weighted by Gasteiger charge is 2.38. The largest absolute Gasteiger partial charge is 0.494 e. The van der Waals surface area contributed by atoms with Crippen molar-refractivity contribution in [1.82, 2.24) is 10.2 Å². The molecule has 0 unspecified atom stereocenters. The minimum absolute atomic E-state index is 0.0413. The lowest BCUT2D eigenvalue weighted by atomic mass is 10.1. The molecule has 0 spiro atoms. The number of rotatable bonds is 5. The van der Waals surface area contributed by atoms with Crippen molar-refractivity contribution in [2.45, 2.75) is 38.3 Å². The van der Waals surface area contributed by atoms with E-state index in [0.717, 1.165) is 24.3 Å². The summed E-state index contributed by atoms with van der Waals surface area (Å²) in [7, 11) is 0. The molecule has 2 heterocycles. The van der Waals surface area contributed by atoms with E-state index in [2.05, 4.69) is 15.5 Å². The van der Waals surface area contributed by atoms with Gasteiger partial charge >= 0.3 is 0 Å². The van der Waals surface area contributed by atoms with E-state index in [1.807, 2.05) is 31.2 Å². The van der Waals surface area contributed by atoms with Crippen LogP contribution in [-0.4, -0.2) is 48.5 Å². The van der Waals surface area contributed by atoms with E-state index in [1.54, 1.807) is 0 Å². The Labute approximate surface area is 136 Å². The number of nitrogens with one attached hydrogen (secondary N) is 2. The second-order valence-corrected chi connectivity index (χ2v) is 6.07. The smallest absolute Gasteiger partial charge is 0.238 e. The predicted octanol–water partition coefficient (Wildman–Crippen LogP) is 1.38. The van der Waals surface area contributed by atoms with Crippen LogP contribution in [0.15, 0.2) is 24.3 Å². The van der Waals surface area contributed by atoms with Gasteiger partial charge in [-0.25, -0.2) is 0 Å². The van der Waals surface area contributed by atoms with Gasteiger partial charge in [-0.15, -0.1) is 0 Å². The van der Waals surface area contributed by atoms with Gasteiger partial charge in [0.25, 0.3) is 0 Å². The van der Waals surface area contributed by atoms with Gasteiger partial charge in [-0.3, -0.25) is 14.5 Å². The monoisotopic (exact) mass is 317 g/mol. The zero-order valence-electron chi connectivity index (χ0n) is 13.4. The number of hydrogen-bond donors (Lipinski definition) is 2. The SMILES string of the molecule is CCOc1ccc(NC(=O)CN2[C@@H]3CC[C@@H]2CC(=O)NC3)cc1. The van der Waals surface area contributed by atoms with E-state index < -0.39 is 0 Å². The maximum Gasteiger partial charge on any atom is 0.238 e. The summed E-state index contributed by atoms with van der Waals surface area (Å²) in [5, 5.41) is 5.84. The molecule has 0 radical (unpaired) electrons. The minimum Gasteiger partial charge on any atom is -0.494 e. The van der Waals surface area contributed by atoms with Crippen molar-refractivity contribution in [3.8, 4) is 5.75 Å². The lowest BCUT2D eigenvalue weighted by molar-refractivity contribution is -0.122. The Hall–Kier alpha value is -2.08. The molecule has 1 aromatic rings. The van der Waals surface area contributed by atoms with Crippen LogP contribution in [0.4, 0.5) is 5.69 Å². The van der Waals surface area contributed by atoms with Gasteiger partial charge in [0.2, 0.25) is 11.8 Å². The zero-order chi connectivity index (χ0) is 16.2. The molecule has 6 nitrogen and oxygen atoms in total. The number of ether oxygens (including phenoxy) is 1. The maximum absolute atomic E-state index is 12.3. The molecule has 23 heavy (non-hydrogen) atoms. The van der Waals surface area contributed by atoms with Crippen LogP contribution in [0.3, 0.4) is 0 Å². The third kappa shape index (κ3) is 3.82. The second-order valence-electron chi connectivity index (χ2n) is 6.07. The summed E-state index contributed by atoms with van der Waals surface area (Å²) in [4.78, 5) is 26.1. The number of fused-ring (bicyclic) bond motifs is 2. The van der Waals surface area contributed by atoms with E-state index >= 15 is 0 Å². The minimum atomic E-state index is -0.0413. The number of carbonyl (C=O) groups excluding carboxylic acids is 2. The summed E-state index contributed by atoms with van der Waals surface area (Å²) in [6.07, 6.45) is 2.53. The number of carbonyl (C=O) groups is 2. The fraction of sp³-hybridized carbons (Fsp3) is 0.529. The number of amides is 2. The summed E-state index contributed by atoms with van der Waals surface area (Å²) >= 11 is 0. The van der Waals surface area contributed by atoms with Crippen molar-refractivity contribution in [2.24, 2.45) is 0 Å². The van der Waals surface area contributed by atoms with Gasteiger partial charge in [-0.1, -0.05) is 0 Å². The Bertz CT molecular complexity index is 573. The Morgan fingerprint density at radius 3 is 2.78 bits per heavy atom. The van der Waals surface area contributed by atoms with Crippen molar-refractivity contribution < 1.29 is 14.3 Å². The molecule has 2 N–H and O–H groups in total. The van der Waals surface area contributed by atoms with Crippen LogP contribution in [0.25, 0.3) is 0 Å². The van der Waals surface area contributed by atoms with E-state index in [0.29, 0.717) is 26.1 Å². The van der Waals surface area contributed by atoms with Crippen molar-refractivity contribution in [2.75, 3.05) is 25.0 Å². The van der Waals surface area contributed by atoms with Crippen LogP contribution < -0.4 is 15.4 Å². The van der Waals surface area contributed by atoms with Crippen LogP contribution >= 0.6 is 0 Å². The molecule has 0 saturated carbocycles. The van der Waals surface area contributed by atoms with Crippen LogP contribution in [0.5, 0.6) is 5.75 Å². The second kappa shape index (κ2) is 7.00. The number of hydrogen-bond acceptors (Lipinski definition) is 4. The Morgan fingerprint density at radius 1 is 1.30 bits per heavy atom. The van der Waals surface area contributed by atoms with Gasteiger partial charge in [-0.05, 0) is 44.0 Å². The van der Waals surface area contributed by atoms with Gasteiger partial charge in [0.1, 0.15) is 5.75 Å². The standard InChI is InChI=1S/C17H23N3O3/c1-2-23-15-7-3-12(4-8-15)19-17(22)11-20-13-5-6-14(20)10-18-16(21)9-13/h3-4,7-8,13-14H,2,5-6,9-11H2,1H3,(H,18,21)(H,19,22)/t13-,14-/m1/s1. The summed E-state index contributed by atoms with van der Waals surface area (Å²) in [6.45, 7) is 3.53.